The van der Waals surface area contributed by atoms with Gasteiger partial charge in [0.05, 0.1) is 11.2 Å². The summed E-state index contributed by atoms with van der Waals surface area (Å²) in [5.41, 5.74) is 3.85. The molecule has 4 rings (SSSR count). The molecule has 1 heterocycles. The zero-order valence-electron chi connectivity index (χ0n) is 11.8. The molecule has 3 aromatic carbocycles. The van der Waals surface area contributed by atoms with Gasteiger partial charge in [-0.1, -0.05) is 48.5 Å². The van der Waals surface area contributed by atoms with E-state index in [9.17, 15) is 4.39 Å². The van der Waals surface area contributed by atoms with Crippen LogP contribution in [0, 0.1) is 5.82 Å². The van der Waals surface area contributed by atoms with Crippen molar-refractivity contribution in [2.75, 3.05) is 0 Å². The van der Waals surface area contributed by atoms with E-state index in [-0.39, 0.29) is 5.82 Å². The lowest BCUT2D eigenvalue weighted by Gasteiger charge is -2.02. The summed E-state index contributed by atoms with van der Waals surface area (Å²) in [4.78, 5) is 0. The number of benzene rings is 3. The predicted octanol–water partition coefficient (Wildman–Crippen LogP) is 4.83. The molecule has 0 bridgehead atoms. The molecule has 0 amide bonds. The van der Waals surface area contributed by atoms with Gasteiger partial charge in [-0.25, -0.2) is 9.07 Å². The highest BCUT2D eigenvalue weighted by atomic mass is 19.1. The van der Waals surface area contributed by atoms with Crippen LogP contribution in [0.5, 0.6) is 0 Å². The smallest absolute Gasteiger partial charge is 0.123 e. The molecule has 3 heteroatoms. The SMILES string of the molecule is Fc1ccc(-n2nc(-c3ccccc3)c3ccccc32)cc1. The fraction of sp³-hybridized carbons (Fsp3) is 0. The number of aromatic nitrogens is 2. The first kappa shape index (κ1) is 12.8. The van der Waals surface area contributed by atoms with E-state index in [1.54, 1.807) is 12.1 Å². The maximum Gasteiger partial charge on any atom is 0.123 e. The molecular formula is C19H13FN2. The summed E-state index contributed by atoms with van der Waals surface area (Å²) < 4.78 is 15.0. The Morgan fingerprint density at radius 1 is 0.727 bits per heavy atom. The summed E-state index contributed by atoms with van der Waals surface area (Å²) in [7, 11) is 0. The third-order valence-electron chi connectivity index (χ3n) is 3.71. The van der Waals surface area contributed by atoms with Gasteiger partial charge < -0.3 is 0 Å². The Kier molecular flexibility index (Phi) is 2.97. The summed E-state index contributed by atoms with van der Waals surface area (Å²) in [6.45, 7) is 0. The normalized spacial score (nSPS) is 11.0. The molecule has 0 saturated heterocycles. The summed E-state index contributed by atoms with van der Waals surface area (Å²) >= 11 is 0. The van der Waals surface area contributed by atoms with Gasteiger partial charge in [-0.05, 0) is 30.3 Å². The lowest BCUT2D eigenvalue weighted by Crippen LogP contribution is -1.96. The lowest BCUT2D eigenvalue weighted by molar-refractivity contribution is 0.627. The van der Waals surface area contributed by atoms with Gasteiger partial charge in [-0.15, -0.1) is 0 Å². The zero-order chi connectivity index (χ0) is 14.9. The summed E-state index contributed by atoms with van der Waals surface area (Å²) in [6.07, 6.45) is 0. The van der Waals surface area contributed by atoms with Gasteiger partial charge in [0.15, 0.2) is 0 Å². The quantitative estimate of drug-likeness (QED) is 0.516. The van der Waals surface area contributed by atoms with Gasteiger partial charge in [0, 0.05) is 10.9 Å². The maximum absolute atomic E-state index is 13.2. The van der Waals surface area contributed by atoms with E-state index in [0.717, 1.165) is 27.8 Å². The van der Waals surface area contributed by atoms with Gasteiger partial charge in [-0.3, -0.25) is 0 Å². The Morgan fingerprint density at radius 2 is 1.41 bits per heavy atom. The number of hydrogen-bond acceptors (Lipinski definition) is 1. The minimum Gasteiger partial charge on any atom is -0.232 e. The van der Waals surface area contributed by atoms with Gasteiger partial charge in [0.25, 0.3) is 0 Å². The van der Waals surface area contributed by atoms with Gasteiger partial charge in [0.1, 0.15) is 11.5 Å². The minimum absolute atomic E-state index is 0.247. The molecule has 2 nitrogen and oxygen atoms in total. The van der Waals surface area contributed by atoms with Crippen molar-refractivity contribution in [2.24, 2.45) is 0 Å². The van der Waals surface area contributed by atoms with E-state index in [1.807, 2.05) is 53.2 Å². The van der Waals surface area contributed by atoms with E-state index in [0.29, 0.717) is 0 Å². The summed E-state index contributed by atoms with van der Waals surface area (Å²) in [5.74, 6) is -0.247. The zero-order valence-corrected chi connectivity index (χ0v) is 11.8. The van der Waals surface area contributed by atoms with Crippen LogP contribution < -0.4 is 0 Å². The number of fused-ring (bicyclic) bond motifs is 1. The van der Waals surface area contributed by atoms with Gasteiger partial charge in [-0.2, -0.15) is 5.10 Å². The number of hydrogen-bond donors (Lipinski definition) is 0. The van der Waals surface area contributed by atoms with Crippen LogP contribution >= 0.6 is 0 Å². The van der Waals surface area contributed by atoms with Crippen LogP contribution in [0.1, 0.15) is 0 Å². The first-order valence-electron chi connectivity index (χ1n) is 7.12. The Bertz CT molecular complexity index is 925. The van der Waals surface area contributed by atoms with Crippen molar-refractivity contribution >= 4 is 10.9 Å². The molecule has 0 atom stereocenters. The van der Waals surface area contributed by atoms with Crippen molar-refractivity contribution in [1.29, 1.82) is 0 Å². The van der Waals surface area contributed by atoms with E-state index in [4.69, 9.17) is 5.10 Å². The number of rotatable bonds is 2. The van der Waals surface area contributed by atoms with E-state index in [1.165, 1.54) is 12.1 Å². The second-order valence-electron chi connectivity index (χ2n) is 5.12. The number of nitrogens with zero attached hydrogens (tertiary/aromatic N) is 2. The molecule has 0 fully saturated rings. The summed E-state index contributed by atoms with van der Waals surface area (Å²) in [6, 6.07) is 24.5. The molecule has 0 saturated carbocycles. The average molecular weight is 288 g/mol. The highest BCUT2D eigenvalue weighted by Gasteiger charge is 2.12. The standard InChI is InChI=1S/C19H13FN2/c20-15-10-12-16(13-11-15)22-18-9-5-4-8-17(18)19(21-22)14-6-2-1-3-7-14/h1-13H. The van der Waals surface area contributed by atoms with Crippen LogP contribution in [0.3, 0.4) is 0 Å². The van der Waals surface area contributed by atoms with Crippen LogP contribution in [0.4, 0.5) is 4.39 Å². The Labute approximate surface area is 127 Å². The van der Waals surface area contributed by atoms with Crippen molar-refractivity contribution in [3.63, 3.8) is 0 Å². The second kappa shape index (κ2) is 5.11. The van der Waals surface area contributed by atoms with Crippen LogP contribution in [0.2, 0.25) is 0 Å². The van der Waals surface area contributed by atoms with E-state index >= 15 is 0 Å². The van der Waals surface area contributed by atoms with Gasteiger partial charge in [0.2, 0.25) is 0 Å². The molecular weight excluding hydrogens is 275 g/mol. The molecule has 0 spiro atoms. The Morgan fingerprint density at radius 3 is 2.18 bits per heavy atom. The predicted molar refractivity (Wildman–Crippen MR) is 86.5 cm³/mol. The highest BCUT2D eigenvalue weighted by Crippen LogP contribution is 2.29. The fourth-order valence-electron chi connectivity index (χ4n) is 2.65. The Balaban J connectivity index is 1.99. The van der Waals surface area contributed by atoms with Crippen molar-refractivity contribution in [3.8, 4) is 16.9 Å². The van der Waals surface area contributed by atoms with Gasteiger partial charge >= 0.3 is 0 Å². The van der Waals surface area contributed by atoms with Crippen LogP contribution in [-0.2, 0) is 0 Å². The van der Waals surface area contributed by atoms with E-state index < -0.39 is 0 Å². The van der Waals surface area contributed by atoms with E-state index in [2.05, 4.69) is 6.07 Å². The van der Waals surface area contributed by atoms with Crippen LogP contribution in [0.15, 0.2) is 78.9 Å². The molecule has 22 heavy (non-hydrogen) atoms. The largest absolute Gasteiger partial charge is 0.232 e. The van der Waals surface area contributed by atoms with Crippen molar-refractivity contribution in [1.82, 2.24) is 9.78 Å². The molecule has 1 aromatic heterocycles. The molecule has 0 aliphatic heterocycles. The second-order valence-corrected chi connectivity index (χ2v) is 5.12. The monoisotopic (exact) mass is 288 g/mol. The molecule has 106 valence electrons. The molecule has 4 aromatic rings. The third kappa shape index (κ3) is 2.07. The summed E-state index contributed by atoms with van der Waals surface area (Å²) in [5, 5.41) is 5.84. The topological polar surface area (TPSA) is 17.8 Å². The maximum atomic E-state index is 13.2. The van der Waals surface area contributed by atoms with Crippen LogP contribution in [0.25, 0.3) is 27.8 Å². The third-order valence-corrected chi connectivity index (χ3v) is 3.71. The van der Waals surface area contributed by atoms with Crippen molar-refractivity contribution in [3.05, 3.63) is 84.7 Å². The molecule has 0 unspecified atom stereocenters. The lowest BCUT2D eigenvalue weighted by atomic mass is 10.1. The number of para-hydroxylation sites is 1. The highest BCUT2D eigenvalue weighted by molar-refractivity contribution is 5.94. The molecule has 0 aliphatic rings. The Hall–Kier alpha value is -2.94. The first-order chi connectivity index (χ1) is 10.8. The van der Waals surface area contributed by atoms with Crippen molar-refractivity contribution in [2.45, 2.75) is 0 Å². The van der Waals surface area contributed by atoms with Crippen LogP contribution in [-0.4, -0.2) is 9.78 Å². The number of halogens is 1. The minimum atomic E-state index is -0.247. The molecule has 0 radical (unpaired) electrons. The molecule has 0 aliphatic carbocycles. The average Bonchev–Trinajstić information content (AvgIpc) is 2.96. The molecule has 0 N–H and O–H groups in total. The van der Waals surface area contributed by atoms with Crippen molar-refractivity contribution < 1.29 is 4.39 Å². The first-order valence-corrected chi connectivity index (χ1v) is 7.12. The fourth-order valence-corrected chi connectivity index (χ4v) is 2.65.